The molecule has 1 unspecified atom stereocenters. The molecule has 0 spiro atoms. The van der Waals surface area contributed by atoms with E-state index < -0.39 is 0 Å². The molecule has 2 heteroatoms. The van der Waals surface area contributed by atoms with Crippen LogP contribution in [0.5, 0.6) is 5.75 Å². The maximum absolute atomic E-state index is 5.89. The van der Waals surface area contributed by atoms with E-state index in [9.17, 15) is 0 Å². The summed E-state index contributed by atoms with van der Waals surface area (Å²) in [6.07, 6.45) is 17.8. The predicted molar refractivity (Wildman–Crippen MR) is 126 cm³/mol. The predicted octanol–water partition coefficient (Wildman–Crippen LogP) is 6.67. The Balaban J connectivity index is 0.000000438. The summed E-state index contributed by atoms with van der Waals surface area (Å²) in [5, 5.41) is 0. The average Bonchev–Trinajstić information content (AvgIpc) is 3.51. The van der Waals surface area contributed by atoms with Gasteiger partial charge in [-0.15, -0.1) is 0 Å². The molecule has 0 amide bonds. The van der Waals surface area contributed by atoms with E-state index in [1.807, 2.05) is 38.1 Å². The summed E-state index contributed by atoms with van der Waals surface area (Å²) in [6, 6.07) is 9.02. The molecular weight excluding hydrogens is 354 g/mol. The smallest absolute Gasteiger partial charge is 0.119 e. The normalized spacial score (nSPS) is 20.8. The van der Waals surface area contributed by atoms with Crippen LogP contribution in [0.25, 0.3) is 0 Å². The highest BCUT2D eigenvalue weighted by atomic mass is 16.5. The number of hydrogen-bond acceptors (Lipinski definition) is 2. The third-order valence-corrected chi connectivity index (χ3v) is 5.10. The molecule has 3 rings (SSSR count). The van der Waals surface area contributed by atoms with Gasteiger partial charge in [0.05, 0.1) is 0 Å². The van der Waals surface area contributed by atoms with Crippen LogP contribution in [0, 0.1) is 12.3 Å². The van der Waals surface area contributed by atoms with Gasteiger partial charge in [-0.05, 0) is 58.4 Å². The second kappa shape index (κ2) is 11.0. The van der Waals surface area contributed by atoms with Crippen LogP contribution >= 0.6 is 0 Å². The van der Waals surface area contributed by atoms with Gasteiger partial charge in [-0.25, -0.2) is 0 Å². The van der Waals surface area contributed by atoms with Crippen molar-refractivity contribution in [3.05, 3.63) is 90.1 Å². The van der Waals surface area contributed by atoms with E-state index in [1.165, 1.54) is 24.0 Å². The quantitative estimate of drug-likeness (QED) is 0.482. The van der Waals surface area contributed by atoms with Gasteiger partial charge in [0.15, 0.2) is 0 Å². The van der Waals surface area contributed by atoms with Gasteiger partial charge in [-0.1, -0.05) is 79.3 Å². The number of allylic oxidation sites excluding steroid dienone is 5. The molecule has 1 fully saturated rings. The Hall–Kier alpha value is -2.32. The van der Waals surface area contributed by atoms with Gasteiger partial charge in [-0.2, -0.15) is 0 Å². The van der Waals surface area contributed by atoms with Gasteiger partial charge in [0, 0.05) is 18.0 Å². The van der Waals surface area contributed by atoms with Crippen molar-refractivity contribution in [2.24, 2.45) is 5.41 Å². The third kappa shape index (κ3) is 8.70. The number of aryl methyl sites for hydroxylation is 1. The van der Waals surface area contributed by atoms with Crippen molar-refractivity contribution < 1.29 is 4.74 Å². The lowest BCUT2D eigenvalue weighted by molar-refractivity contribution is 0.261. The van der Waals surface area contributed by atoms with Crippen LogP contribution in [-0.4, -0.2) is 31.1 Å². The van der Waals surface area contributed by atoms with Gasteiger partial charge in [0.2, 0.25) is 0 Å². The topological polar surface area (TPSA) is 12.5 Å². The second-order valence-electron chi connectivity index (χ2n) is 8.53. The summed E-state index contributed by atoms with van der Waals surface area (Å²) in [6.45, 7) is 13.7. The zero-order valence-corrected chi connectivity index (χ0v) is 18.8. The lowest BCUT2D eigenvalue weighted by Gasteiger charge is -2.28. The zero-order valence-electron chi connectivity index (χ0n) is 18.8. The second-order valence-corrected chi connectivity index (χ2v) is 8.53. The summed E-state index contributed by atoms with van der Waals surface area (Å²) in [5.41, 5.74) is 3.67. The molecule has 0 saturated heterocycles. The summed E-state index contributed by atoms with van der Waals surface area (Å²) < 4.78 is 5.89. The first kappa shape index (κ1) is 23.0. The summed E-state index contributed by atoms with van der Waals surface area (Å²) in [5.74, 6) is 0.925. The maximum atomic E-state index is 5.89. The molecule has 1 aromatic carbocycles. The molecule has 0 radical (unpaired) electrons. The fourth-order valence-corrected chi connectivity index (χ4v) is 3.27. The Labute approximate surface area is 178 Å². The number of hydrogen-bond donors (Lipinski definition) is 0. The molecule has 1 saturated carbocycles. The molecule has 1 aromatic rings. The fourth-order valence-electron chi connectivity index (χ4n) is 3.27. The lowest BCUT2D eigenvalue weighted by atomic mass is 9.89. The highest BCUT2D eigenvalue weighted by Crippen LogP contribution is 2.31. The van der Waals surface area contributed by atoms with Crippen LogP contribution in [0.2, 0.25) is 0 Å². The van der Waals surface area contributed by atoms with Crippen molar-refractivity contribution in [3.63, 3.8) is 0 Å². The van der Waals surface area contributed by atoms with Gasteiger partial charge in [0.1, 0.15) is 12.4 Å². The first-order valence-corrected chi connectivity index (χ1v) is 10.6. The van der Waals surface area contributed by atoms with Crippen LogP contribution in [0.15, 0.2) is 84.5 Å². The van der Waals surface area contributed by atoms with E-state index >= 15 is 0 Å². The molecule has 0 bridgehead atoms. The monoisotopic (exact) mass is 391 g/mol. The Kier molecular flexibility index (Phi) is 8.72. The maximum Gasteiger partial charge on any atom is 0.119 e. The molecule has 2 nitrogen and oxygen atoms in total. The van der Waals surface area contributed by atoms with Crippen LogP contribution in [-0.2, 0) is 0 Å². The molecule has 0 aromatic heterocycles. The van der Waals surface area contributed by atoms with Crippen molar-refractivity contribution in [1.29, 1.82) is 0 Å². The molecule has 1 atom stereocenters. The molecule has 2 aliphatic rings. The van der Waals surface area contributed by atoms with Gasteiger partial charge < -0.3 is 9.64 Å². The summed E-state index contributed by atoms with van der Waals surface area (Å²) in [4.78, 5) is 2.49. The molecule has 0 heterocycles. The molecule has 29 heavy (non-hydrogen) atoms. The average molecular weight is 392 g/mol. The number of nitrogens with zero attached hydrogens (tertiary/aromatic N) is 1. The fraction of sp³-hybridized carbons (Fsp3) is 0.407. The number of benzene rings is 1. The van der Waals surface area contributed by atoms with Crippen molar-refractivity contribution in [2.75, 3.05) is 20.2 Å². The minimum Gasteiger partial charge on any atom is -0.489 e. The van der Waals surface area contributed by atoms with Crippen LogP contribution in [0.4, 0.5) is 0 Å². The first-order chi connectivity index (χ1) is 13.8. The zero-order chi connectivity index (χ0) is 21.3. The molecule has 0 N–H and O–H groups in total. The van der Waals surface area contributed by atoms with E-state index in [0.717, 1.165) is 23.9 Å². The molecular formula is C27H37NO. The van der Waals surface area contributed by atoms with E-state index in [0.29, 0.717) is 6.61 Å². The molecule has 0 aliphatic heterocycles. The largest absolute Gasteiger partial charge is 0.489 e. The van der Waals surface area contributed by atoms with E-state index in [1.54, 1.807) is 0 Å². The highest BCUT2D eigenvalue weighted by Gasteiger charge is 2.30. The van der Waals surface area contributed by atoms with Crippen molar-refractivity contribution >= 4 is 0 Å². The SMILES string of the molecule is C=C(C)/C=C\C.Cc1ccc(OCC2=CC=CC(C)(CN(C)C3CC3)C=C2)cc1. The van der Waals surface area contributed by atoms with Crippen molar-refractivity contribution in [1.82, 2.24) is 4.90 Å². The van der Waals surface area contributed by atoms with Crippen LogP contribution in [0.3, 0.4) is 0 Å². The lowest BCUT2D eigenvalue weighted by Crippen LogP contribution is -2.32. The van der Waals surface area contributed by atoms with Crippen molar-refractivity contribution in [2.45, 2.75) is 46.6 Å². The van der Waals surface area contributed by atoms with Gasteiger partial charge in [0.25, 0.3) is 0 Å². The number of rotatable bonds is 7. The van der Waals surface area contributed by atoms with Gasteiger partial charge in [-0.3, -0.25) is 0 Å². The molecule has 2 aliphatic carbocycles. The van der Waals surface area contributed by atoms with E-state index in [4.69, 9.17) is 4.74 Å². The minimum atomic E-state index is 0.0967. The van der Waals surface area contributed by atoms with Crippen molar-refractivity contribution in [3.8, 4) is 5.75 Å². The van der Waals surface area contributed by atoms with Crippen LogP contribution in [0.1, 0.15) is 39.2 Å². The molecule has 156 valence electrons. The Morgan fingerprint density at radius 3 is 2.48 bits per heavy atom. The van der Waals surface area contributed by atoms with E-state index in [-0.39, 0.29) is 5.41 Å². The Bertz CT molecular complexity index is 777. The number of ether oxygens (including phenoxy) is 1. The van der Waals surface area contributed by atoms with Gasteiger partial charge >= 0.3 is 0 Å². The first-order valence-electron chi connectivity index (χ1n) is 10.6. The minimum absolute atomic E-state index is 0.0967. The van der Waals surface area contributed by atoms with E-state index in [2.05, 4.69) is 74.9 Å². The Morgan fingerprint density at radius 2 is 1.93 bits per heavy atom. The third-order valence-electron chi connectivity index (χ3n) is 5.10. The Morgan fingerprint density at radius 1 is 1.24 bits per heavy atom. The highest BCUT2D eigenvalue weighted by molar-refractivity contribution is 5.33. The van der Waals surface area contributed by atoms with Crippen LogP contribution < -0.4 is 4.74 Å². The summed E-state index contributed by atoms with van der Waals surface area (Å²) >= 11 is 0. The summed E-state index contributed by atoms with van der Waals surface area (Å²) in [7, 11) is 2.24. The standard InChI is InChI=1S/C21H27NO.C6H10/c1-17-6-10-20(11-7-17)23-15-18-5-4-13-21(2,14-12-18)16-22(3)19-8-9-19;1-4-5-6(2)3/h4-7,10-14,19H,8-9,15-16H2,1-3H3;4-5H,2H2,1,3H3/b;5-4-.